The smallest absolute Gasteiger partial charge is 0.387 e. The number of nitrogens with one attached hydrogen (secondary N) is 2. The fourth-order valence-electron chi connectivity index (χ4n) is 3.12. The maximum absolute atomic E-state index is 12.7. The zero-order valence-electron chi connectivity index (χ0n) is 15.9. The number of alkyl halides is 2. The highest BCUT2D eigenvalue weighted by Crippen LogP contribution is 2.34. The summed E-state index contributed by atoms with van der Waals surface area (Å²) in [7, 11) is 0. The highest BCUT2D eigenvalue weighted by Gasteiger charge is 2.17. The van der Waals surface area contributed by atoms with Gasteiger partial charge in [-0.15, -0.1) is 10.2 Å². The molecule has 1 aromatic carbocycles. The van der Waals surface area contributed by atoms with E-state index in [0.29, 0.717) is 29.6 Å². The van der Waals surface area contributed by atoms with Crippen LogP contribution in [-0.4, -0.2) is 33.9 Å². The predicted octanol–water partition coefficient (Wildman–Crippen LogP) is 3.78. The zero-order chi connectivity index (χ0) is 20.8. The number of aliphatic imine (C=N–C) groups is 1. The lowest BCUT2D eigenvalue weighted by atomic mass is 10.2. The van der Waals surface area contributed by atoms with Crippen LogP contribution in [0.4, 0.5) is 8.78 Å². The molecule has 7 nitrogen and oxygen atoms in total. The van der Waals surface area contributed by atoms with Gasteiger partial charge in [0.05, 0.1) is 18.1 Å². The second-order valence-corrected chi connectivity index (χ2v) is 7.29. The third-order valence-corrected chi connectivity index (χ3v) is 4.89. The van der Waals surface area contributed by atoms with Crippen molar-refractivity contribution in [1.29, 1.82) is 0 Å². The maximum Gasteiger partial charge on any atom is 0.387 e. The van der Waals surface area contributed by atoms with E-state index in [2.05, 4.69) is 35.1 Å². The van der Waals surface area contributed by atoms with E-state index < -0.39 is 6.61 Å². The molecule has 1 aliphatic heterocycles. The lowest BCUT2D eigenvalue weighted by Crippen LogP contribution is -2.37. The molecule has 0 unspecified atom stereocenters. The predicted molar refractivity (Wildman–Crippen MR) is 108 cm³/mol. The number of hydrogen-bond donors (Lipinski definition) is 2. The molecule has 0 spiro atoms. The van der Waals surface area contributed by atoms with E-state index in [1.165, 1.54) is 12.1 Å². The van der Waals surface area contributed by atoms with E-state index in [1.54, 1.807) is 0 Å². The van der Waals surface area contributed by atoms with E-state index in [0.717, 1.165) is 37.5 Å². The number of aryl methyl sites for hydroxylation is 1. The first-order chi connectivity index (χ1) is 14.0. The van der Waals surface area contributed by atoms with Gasteiger partial charge in [-0.1, -0.05) is 23.2 Å². The number of rotatable bonds is 7. The van der Waals surface area contributed by atoms with Crippen LogP contribution in [0.3, 0.4) is 0 Å². The van der Waals surface area contributed by atoms with Gasteiger partial charge >= 0.3 is 6.61 Å². The molecular weight excluding hydrogens is 425 g/mol. The van der Waals surface area contributed by atoms with Crippen molar-refractivity contribution < 1.29 is 13.5 Å². The Kier molecular flexibility index (Phi) is 7.49. The Morgan fingerprint density at radius 3 is 2.86 bits per heavy atom. The molecule has 1 aromatic heterocycles. The summed E-state index contributed by atoms with van der Waals surface area (Å²) in [4.78, 5) is 4.44. The average Bonchev–Trinajstić information content (AvgIpc) is 3.09. The molecule has 2 heterocycles. The molecule has 0 radical (unpaired) electrons. The summed E-state index contributed by atoms with van der Waals surface area (Å²) in [6.07, 6.45) is 3.17. The van der Waals surface area contributed by atoms with Gasteiger partial charge < -0.3 is 19.9 Å². The van der Waals surface area contributed by atoms with Gasteiger partial charge in [-0.25, -0.2) is 4.99 Å². The van der Waals surface area contributed by atoms with Gasteiger partial charge in [0.25, 0.3) is 0 Å². The van der Waals surface area contributed by atoms with Crippen LogP contribution in [0.25, 0.3) is 0 Å². The first-order valence-electron chi connectivity index (χ1n) is 9.33. The minimum absolute atomic E-state index is 0.0102. The molecule has 2 aromatic rings. The van der Waals surface area contributed by atoms with E-state index in [1.807, 2.05) is 6.92 Å². The number of benzene rings is 1. The Balaban J connectivity index is 1.73. The summed E-state index contributed by atoms with van der Waals surface area (Å²) in [5.74, 6) is 2.20. The molecule has 2 N–H and O–H groups in total. The van der Waals surface area contributed by atoms with Crippen molar-refractivity contribution >= 4 is 29.2 Å². The van der Waals surface area contributed by atoms with Gasteiger partial charge in [0.2, 0.25) is 0 Å². The quantitative estimate of drug-likeness (QED) is 0.499. The first-order valence-corrected chi connectivity index (χ1v) is 10.1. The fourth-order valence-corrected chi connectivity index (χ4v) is 3.70. The van der Waals surface area contributed by atoms with Crippen molar-refractivity contribution in [3.63, 3.8) is 0 Å². The molecular formula is C18H22Cl2F2N6O. The third-order valence-electron chi connectivity index (χ3n) is 4.39. The number of ether oxygens (including phenoxy) is 1. The van der Waals surface area contributed by atoms with E-state index in [9.17, 15) is 8.78 Å². The number of guanidine groups is 1. The Morgan fingerprint density at radius 2 is 2.10 bits per heavy atom. The Morgan fingerprint density at radius 1 is 1.28 bits per heavy atom. The van der Waals surface area contributed by atoms with Crippen LogP contribution in [0.5, 0.6) is 5.75 Å². The zero-order valence-corrected chi connectivity index (χ0v) is 17.4. The lowest BCUT2D eigenvalue weighted by Gasteiger charge is -2.16. The van der Waals surface area contributed by atoms with Crippen LogP contribution < -0.4 is 15.4 Å². The first kappa shape index (κ1) is 21.6. The number of hydrogen-bond acceptors (Lipinski definition) is 4. The second-order valence-electron chi connectivity index (χ2n) is 6.44. The van der Waals surface area contributed by atoms with Crippen LogP contribution >= 0.6 is 23.2 Å². The SMILES string of the molecule is CCNC(=NCc1cc(Cl)cc(Cl)c1OC(F)F)NCc1nnc2n1CCCC2. The van der Waals surface area contributed by atoms with Gasteiger partial charge in [-0.2, -0.15) is 8.78 Å². The largest absolute Gasteiger partial charge is 0.433 e. The van der Waals surface area contributed by atoms with Crippen LogP contribution in [-0.2, 0) is 26.1 Å². The van der Waals surface area contributed by atoms with Crippen molar-refractivity contribution in [3.8, 4) is 5.75 Å². The number of nitrogens with zero attached hydrogens (tertiary/aromatic N) is 4. The minimum atomic E-state index is -3.00. The molecule has 11 heteroatoms. The topological polar surface area (TPSA) is 76.4 Å². The van der Waals surface area contributed by atoms with E-state index in [-0.39, 0.29) is 17.3 Å². The summed E-state index contributed by atoms with van der Waals surface area (Å²) in [5.41, 5.74) is 0.361. The monoisotopic (exact) mass is 446 g/mol. The van der Waals surface area contributed by atoms with Crippen molar-refractivity contribution in [3.05, 3.63) is 39.4 Å². The molecule has 0 saturated carbocycles. The van der Waals surface area contributed by atoms with Crippen LogP contribution in [0.1, 0.15) is 37.0 Å². The summed E-state index contributed by atoms with van der Waals surface area (Å²) < 4.78 is 32.1. The Labute approximate surface area is 177 Å². The average molecular weight is 447 g/mol. The van der Waals surface area contributed by atoms with Gasteiger partial charge in [-0.3, -0.25) is 0 Å². The third kappa shape index (κ3) is 5.70. The Bertz CT molecular complexity index is 874. The van der Waals surface area contributed by atoms with Crippen molar-refractivity contribution in [1.82, 2.24) is 25.4 Å². The van der Waals surface area contributed by atoms with Crippen LogP contribution in [0.2, 0.25) is 10.0 Å². The highest BCUT2D eigenvalue weighted by molar-refractivity contribution is 6.35. The van der Waals surface area contributed by atoms with Crippen LogP contribution in [0.15, 0.2) is 17.1 Å². The number of fused-ring (bicyclic) bond motifs is 1. The molecule has 0 fully saturated rings. The maximum atomic E-state index is 12.7. The number of aromatic nitrogens is 3. The molecule has 0 saturated heterocycles. The highest BCUT2D eigenvalue weighted by atomic mass is 35.5. The van der Waals surface area contributed by atoms with Gasteiger partial charge in [-0.05, 0) is 31.9 Å². The molecule has 158 valence electrons. The van der Waals surface area contributed by atoms with Crippen molar-refractivity contribution in [2.24, 2.45) is 4.99 Å². The van der Waals surface area contributed by atoms with Crippen molar-refractivity contribution in [2.45, 2.75) is 52.4 Å². The molecule has 0 atom stereocenters. The lowest BCUT2D eigenvalue weighted by molar-refractivity contribution is -0.0503. The van der Waals surface area contributed by atoms with Crippen molar-refractivity contribution in [2.75, 3.05) is 6.54 Å². The molecule has 1 aliphatic rings. The molecule has 3 rings (SSSR count). The van der Waals surface area contributed by atoms with Gasteiger partial charge in [0.15, 0.2) is 11.8 Å². The summed E-state index contributed by atoms with van der Waals surface area (Å²) in [5, 5.41) is 15.1. The minimum Gasteiger partial charge on any atom is -0.433 e. The van der Waals surface area contributed by atoms with Gasteiger partial charge in [0.1, 0.15) is 11.6 Å². The standard InChI is InChI=1S/C18H22Cl2F2N6O/c1-2-23-18(25-10-15-27-26-14-5-3-4-6-28(14)15)24-9-11-7-12(19)8-13(20)16(11)29-17(21)22/h7-8,17H,2-6,9-10H2,1H3,(H2,23,24,25). The fraction of sp³-hybridized carbons (Fsp3) is 0.500. The normalized spacial score (nSPS) is 14.1. The van der Waals surface area contributed by atoms with Gasteiger partial charge in [0, 0.05) is 30.1 Å². The molecule has 0 amide bonds. The molecule has 0 bridgehead atoms. The summed E-state index contributed by atoms with van der Waals surface area (Å²) >= 11 is 12.0. The summed E-state index contributed by atoms with van der Waals surface area (Å²) in [6, 6.07) is 2.86. The molecule has 29 heavy (non-hydrogen) atoms. The number of halogens is 4. The second kappa shape index (κ2) is 10.1. The molecule has 0 aliphatic carbocycles. The summed E-state index contributed by atoms with van der Waals surface area (Å²) in [6.45, 7) is 0.952. The van der Waals surface area contributed by atoms with E-state index in [4.69, 9.17) is 23.2 Å². The Hall–Kier alpha value is -2.13. The van der Waals surface area contributed by atoms with Crippen LogP contribution in [0, 0.1) is 0 Å². The van der Waals surface area contributed by atoms with E-state index >= 15 is 0 Å².